The van der Waals surface area contributed by atoms with Crippen LogP contribution in [0.5, 0.6) is 5.75 Å². The van der Waals surface area contributed by atoms with Crippen molar-refractivity contribution in [2.24, 2.45) is 5.73 Å². The van der Waals surface area contributed by atoms with E-state index in [0.717, 1.165) is 47.1 Å². The number of benzene rings is 3. The molecule has 0 spiro atoms. The molecule has 11 N–H and O–H groups in total. The number of carbonyl (C=O) groups is 6. The summed E-state index contributed by atoms with van der Waals surface area (Å²) in [4.78, 5) is 84.4. The predicted molar refractivity (Wildman–Crippen MR) is 289 cm³/mol. The molecule has 2 aliphatic heterocycles. The van der Waals surface area contributed by atoms with Crippen LogP contribution in [-0.2, 0) is 64.0 Å². The van der Waals surface area contributed by atoms with Crippen molar-refractivity contribution < 1.29 is 63.8 Å². The molecule has 0 unspecified atom stereocenters. The van der Waals surface area contributed by atoms with E-state index < -0.39 is 95.9 Å². The summed E-state index contributed by atoms with van der Waals surface area (Å²) in [5.41, 5.74) is 9.52. The minimum absolute atomic E-state index is 0.00132. The fraction of sp³-hybridized carbons (Fsp3) is 0.586. The average molecular weight is 1070 g/mol. The molecule has 77 heavy (non-hydrogen) atoms. The lowest BCUT2D eigenvalue weighted by Gasteiger charge is -2.39. The van der Waals surface area contributed by atoms with Gasteiger partial charge in [-0.3, -0.25) is 24.0 Å². The Morgan fingerprint density at radius 2 is 1.35 bits per heavy atom. The van der Waals surface area contributed by atoms with Crippen molar-refractivity contribution in [2.45, 2.75) is 204 Å². The van der Waals surface area contributed by atoms with E-state index in [1.54, 1.807) is 42.5 Å². The molecule has 9 atom stereocenters. The van der Waals surface area contributed by atoms with Crippen molar-refractivity contribution >= 4 is 35.5 Å². The molecule has 5 rings (SSSR count). The Morgan fingerprint density at radius 3 is 1.99 bits per heavy atom. The first-order valence-corrected chi connectivity index (χ1v) is 27.4. The normalized spacial score (nSPS) is 20.5. The van der Waals surface area contributed by atoms with Gasteiger partial charge in [0.2, 0.25) is 23.6 Å². The molecule has 0 aromatic heterocycles. The van der Waals surface area contributed by atoms with E-state index >= 15 is 0 Å². The Hall–Kier alpha value is -5.96. The number of aliphatic hydroxyl groups is 3. The number of hydrogen-bond donors (Lipinski definition) is 10. The predicted octanol–water partition coefficient (Wildman–Crippen LogP) is 4.06. The van der Waals surface area contributed by atoms with Crippen molar-refractivity contribution in [1.82, 2.24) is 26.2 Å². The minimum atomic E-state index is -1.76. The topological polar surface area (TPSA) is 299 Å². The number of nitrogens with zero attached hydrogens (tertiary/aromatic N) is 1. The van der Waals surface area contributed by atoms with E-state index in [0.29, 0.717) is 12.0 Å². The number of rotatable bonds is 30. The lowest BCUT2D eigenvalue weighted by atomic mass is 9.91. The molecule has 424 valence electrons. The Labute approximate surface area is 453 Å². The van der Waals surface area contributed by atoms with Crippen LogP contribution in [-0.4, -0.2) is 140 Å². The summed E-state index contributed by atoms with van der Waals surface area (Å²) in [6.07, 6.45) is 3.74. The molecule has 0 aliphatic carbocycles. The number of hydrogen-bond acceptors (Lipinski definition) is 13. The number of carboxylic acids is 1. The summed E-state index contributed by atoms with van der Waals surface area (Å²) in [5, 5.41) is 62.7. The number of carboxylic acid groups (broad SMARTS) is 1. The maximum Gasteiger partial charge on any atom is 0.328 e. The van der Waals surface area contributed by atoms with Crippen molar-refractivity contribution in [3.63, 3.8) is 0 Å². The van der Waals surface area contributed by atoms with Crippen LogP contribution in [0.3, 0.4) is 0 Å². The molecule has 3 aromatic carbocycles. The number of aliphatic carboxylic acids is 1. The van der Waals surface area contributed by atoms with E-state index in [9.17, 15) is 54.3 Å². The fourth-order valence-corrected chi connectivity index (χ4v) is 9.90. The highest BCUT2D eigenvalue weighted by atomic mass is 16.7. The number of ether oxygens (including phenoxy) is 2. The largest absolute Gasteiger partial charge is 0.508 e. The van der Waals surface area contributed by atoms with E-state index in [-0.39, 0.29) is 64.0 Å². The van der Waals surface area contributed by atoms with Gasteiger partial charge in [-0.25, -0.2) is 4.79 Å². The molecule has 2 aliphatic rings. The van der Waals surface area contributed by atoms with Crippen LogP contribution in [0.4, 0.5) is 0 Å². The molecule has 19 nitrogen and oxygen atoms in total. The molecule has 2 heterocycles. The monoisotopic (exact) mass is 1070 g/mol. The third kappa shape index (κ3) is 18.3. The standard InChI is InChI=1S/C58H84N6O13/c1-6-7-8-9-10-11-12-13-14-22-29-76-56-49(68)47(66)48(67)50(77-56)54(72)60-28-21-20-27-44(52(70)63-58(4,5)57(74)75)61-51(69)45(32-38-23-16-15-17-24-38)62-53(71)46-33-39-25-18-19-26-40(39)35-64(46)55(73)43(59)34-42-36(2)30-41(65)31-37(42)3/h15-19,23-26,30-31,43-50,56,65-68H,6-14,20-22,27-29,32-35,59H2,1-5H3,(H,60,72)(H,61,69)(H,62,71)(H,63,70)(H,74,75)/t43-,44+,45-,46-,47-,48-,49+,50-,56+/m0/s1. The van der Waals surface area contributed by atoms with Gasteiger partial charge in [0.15, 0.2) is 12.4 Å². The van der Waals surface area contributed by atoms with Crippen molar-refractivity contribution in [2.75, 3.05) is 13.2 Å². The summed E-state index contributed by atoms with van der Waals surface area (Å²) < 4.78 is 11.4. The highest BCUT2D eigenvalue weighted by Gasteiger charge is 2.47. The second kappa shape index (κ2) is 30.3. The lowest BCUT2D eigenvalue weighted by Crippen LogP contribution is -2.62. The molecule has 3 aromatic rings. The highest BCUT2D eigenvalue weighted by Crippen LogP contribution is 2.28. The highest BCUT2D eigenvalue weighted by molar-refractivity contribution is 5.96. The lowest BCUT2D eigenvalue weighted by molar-refractivity contribution is -0.290. The maximum absolute atomic E-state index is 14.7. The van der Waals surface area contributed by atoms with E-state index in [4.69, 9.17) is 15.2 Å². The van der Waals surface area contributed by atoms with Gasteiger partial charge in [-0.05, 0) is 105 Å². The molecule has 0 saturated carbocycles. The van der Waals surface area contributed by atoms with Crippen molar-refractivity contribution in [3.8, 4) is 5.75 Å². The average Bonchev–Trinajstić information content (AvgIpc) is 3.39. The van der Waals surface area contributed by atoms with E-state index in [2.05, 4.69) is 28.2 Å². The van der Waals surface area contributed by atoms with Gasteiger partial charge in [-0.2, -0.15) is 0 Å². The number of fused-ring (bicyclic) bond motifs is 1. The summed E-state index contributed by atoms with van der Waals surface area (Å²) in [5.74, 6) is -4.72. The van der Waals surface area contributed by atoms with Gasteiger partial charge in [0, 0.05) is 32.5 Å². The van der Waals surface area contributed by atoms with Crippen molar-refractivity contribution in [3.05, 3.63) is 100 Å². The zero-order valence-corrected chi connectivity index (χ0v) is 45.5. The number of aliphatic hydroxyl groups excluding tert-OH is 3. The molecule has 5 amide bonds. The van der Waals surface area contributed by atoms with E-state index in [1.165, 1.54) is 57.3 Å². The second-order valence-corrected chi connectivity index (χ2v) is 21.3. The van der Waals surface area contributed by atoms with Crippen LogP contribution < -0.4 is 27.0 Å². The summed E-state index contributed by atoms with van der Waals surface area (Å²) in [7, 11) is 0. The Morgan fingerprint density at radius 1 is 0.740 bits per heavy atom. The smallest absolute Gasteiger partial charge is 0.328 e. The number of aryl methyl sites for hydroxylation is 2. The summed E-state index contributed by atoms with van der Waals surface area (Å²) >= 11 is 0. The summed E-state index contributed by atoms with van der Waals surface area (Å²) in [6, 6.07) is 14.7. The number of nitrogens with one attached hydrogen (secondary N) is 4. The SMILES string of the molecule is CCCCCCCCCCCCO[C@@H]1O[C@H](C(=O)NCCCC[C@@H](NC(=O)[C@H](Cc2ccccc2)NC(=O)[C@@H]2Cc3ccccc3CN2C(=O)[C@@H](N)Cc2c(C)cc(O)cc2C)C(=O)NC(C)(C)C(=O)O)[C@@H](O)[C@H](O)[C@H]1O. The number of phenolic OH excluding ortho intramolecular Hbond substituents is 1. The van der Waals surface area contributed by atoms with Gasteiger partial charge in [0.05, 0.1) is 6.04 Å². The number of unbranched alkanes of at least 4 members (excludes halogenated alkanes) is 10. The van der Waals surface area contributed by atoms with Crippen LogP contribution in [0.1, 0.15) is 138 Å². The van der Waals surface area contributed by atoms with Crippen LogP contribution in [0.25, 0.3) is 0 Å². The molecule has 1 saturated heterocycles. The Bertz CT molecular complexity index is 2400. The zero-order valence-electron chi connectivity index (χ0n) is 45.5. The third-order valence-electron chi connectivity index (χ3n) is 14.6. The molecule has 19 heteroatoms. The van der Waals surface area contributed by atoms with Crippen LogP contribution in [0.2, 0.25) is 0 Å². The third-order valence-corrected chi connectivity index (χ3v) is 14.6. The second-order valence-electron chi connectivity index (χ2n) is 21.3. The molecule has 1 fully saturated rings. The number of nitrogens with two attached hydrogens (primary N) is 1. The van der Waals surface area contributed by atoms with E-state index in [1.807, 2.05) is 38.1 Å². The van der Waals surface area contributed by atoms with Gasteiger partial charge in [0.1, 0.15) is 47.7 Å². The first kappa shape index (κ1) is 61.9. The van der Waals surface area contributed by atoms with Crippen LogP contribution >= 0.6 is 0 Å². The Balaban J connectivity index is 1.24. The first-order valence-electron chi connectivity index (χ1n) is 27.4. The van der Waals surface area contributed by atoms with Gasteiger partial charge in [-0.15, -0.1) is 0 Å². The van der Waals surface area contributed by atoms with Gasteiger partial charge >= 0.3 is 5.97 Å². The number of amides is 5. The number of aromatic hydroxyl groups is 1. The van der Waals surface area contributed by atoms with Gasteiger partial charge in [-0.1, -0.05) is 119 Å². The minimum Gasteiger partial charge on any atom is -0.508 e. The van der Waals surface area contributed by atoms with Crippen molar-refractivity contribution in [1.29, 1.82) is 0 Å². The quantitative estimate of drug-likeness (QED) is 0.0422. The summed E-state index contributed by atoms with van der Waals surface area (Å²) in [6.45, 7) is 8.70. The molecular weight excluding hydrogens is 989 g/mol. The first-order chi connectivity index (χ1) is 36.7. The van der Waals surface area contributed by atoms with Gasteiger partial charge in [0.25, 0.3) is 5.91 Å². The molecule has 0 bridgehead atoms. The van der Waals surface area contributed by atoms with Crippen LogP contribution in [0.15, 0.2) is 66.7 Å². The molecule has 0 radical (unpaired) electrons. The fourth-order valence-electron chi connectivity index (χ4n) is 9.90. The zero-order chi connectivity index (χ0) is 56.2. The van der Waals surface area contributed by atoms with Gasteiger partial charge < -0.3 is 66.9 Å². The van der Waals surface area contributed by atoms with Crippen LogP contribution in [0, 0.1) is 13.8 Å². The maximum atomic E-state index is 14.7. The number of carbonyl (C=O) groups excluding carboxylic acids is 5. The molecular formula is C58H84N6O13. The Kier molecular flexibility index (Phi) is 24.3. The number of phenols is 1.